The van der Waals surface area contributed by atoms with Crippen molar-refractivity contribution in [1.82, 2.24) is 25.6 Å². The van der Waals surface area contributed by atoms with Crippen LogP contribution >= 0.6 is 0 Å². The number of nitrogens with zero attached hydrogens (tertiary/aromatic N) is 6. The maximum atomic E-state index is 11.6. The maximum Gasteiger partial charge on any atom is 0.581 e. The van der Waals surface area contributed by atoms with Crippen molar-refractivity contribution in [3.63, 3.8) is 0 Å². The fourth-order valence-corrected chi connectivity index (χ4v) is 2.18. The van der Waals surface area contributed by atoms with Gasteiger partial charge in [0.15, 0.2) is 0 Å². The summed E-state index contributed by atoms with van der Waals surface area (Å²) in [7, 11) is 0. The molecule has 0 atom stereocenters. The molecule has 0 saturated heterocycles. The first-order chi connectivity index (χ1) is 11.5. The van der Waals surface area contributed by atoms with Crippen molar-refractivity contribution >= 4 is 0 Å². The summed E-state index contributed by atoms with van der Waals surface area (Å²) in [5.41, 5.74) is -3.11. The predicted molar refractivity (Wildman–Crippen MR) is 75.6 cm³/mol. The number of nitrogens with one attached hydrogen (secondary N) is 1. The Kier molecular flexibility index (Phi) is 3.48. The van der Waals surface area contributed by atoms with Gasteiger partial charge in [-0.3, -0.25) is 20.2 Å². The molecule has 0 bridgehead atoms. The van der Waals surface area contributed by atoms with Gasteiger partial charge in [-0.15, -0.1) is 5.10 Å². The Balaban J connectivity index is 2.21. The molecule has 0 radical (unpaired) electrons. The van der Waals surface area contributed by atoms with Crippen molar-refractivity contribution in [3.8, 4) is 11.4 Å². The minimum absolute atomic E-state index is 0.0141. The van der Waals surface area contributed by atoms with Crippen molar-refractivity contribution in [1.29, 1.82) is 0 Å². The van der Waals surface area contributed by atoms with Crippen molar-refractivity contribution in [2.45, 2.75) is 12.6 Å². The van der Waals surface area contributed by atoms with Crippen LogP contribution < -0.4 is 0 Å². The molecule has 2 aromatic heterocycles. The number of aromatic amines is 1. The van der Waals surface area contributed by atoms with Gasteiger partial charge in [-0.05, 0) is 6.92 Å². The Morgan fingerprint density at radius 2 is 1.79 bits per heavy atom. The number of nitro groups is 2. The van der Waals surface area contributed by atoms with Gasteiger partial charge in [0.05, 0.1) is 5.69 Å². The van der Waals surface area contributed by atoms with E-state index in [-0.39, 0.29) is 11.5 Å². The van der Waals surface area contributed by atoms with Gasteiger partial charge in [-0.1, -0.05) is 35.5 Å². The van der Waals surface area contributed by atoms with E-state index in [1.54, 1.807) is 30.3 Å². The number of rotatable bonds is 5. The molecule has 1 aromatic carbocycles. The van der Waals surface area contributed by atoms with Crippen LogP contribution in [0.4, 0.5) is 0 Å². The minimum Gasteiger partial charge on any atom is -0.322 e. The van der Waals surface area contributed by atoms with Crippen LogP contribution in [0.2, 0.25) is 0 Å². The number of H-pyrrole nitrogens is 1. The van der Waals surface area contributed by atoms with E-state index in [0.29, 0.717) is 5.56 Å². The average molecular weight is 331 g/mol. The van der Waals surface area contributed by atoms with Gasteiger partial charge in [0.25, 0.3) is 0 Å². The van der Waals surface area contributed by atoms with Gasteiger partial charge < -0.3 is 4.52 Å². The lowest BCUT2D eigenvalue weighted by Gasteiger charge is -2.10. The molecular weight excluding hydrogens is 322 g/mol. The SMILES string of the molecule is Cc1n[nH]nc1C(c1nc(-c2ccccc2)no1)([N+](=O)[O-])[N+](=O)[O-]. The van der Waals surface area contributed by atoms with Crippen LogP contribution in [-0.2, 0) is 5.66 Å². The minimum atomic E-state index is -3.04. The summed E-state index contributed by atoms with van der Waals surface area (Å²) in [5, 5.41) is 36.1. The molecule has 0 aliphatic carbocycles. The molecule has 0 unspecified atom stereocenters. The smallest absolute Gasteiger partial charge is 0.322 e. The molecule has 0 aliphatic heterocycles. The highest BCUT2D eigenvalue weighted by Crippen LogP contribution is 2.33. The fourth-order valence-electron chi connectivity index (χ4n) is 2.18. The van der Waals surface area contributed by atoms with Gasteiger partial charge in [0.2, 0.25) is 11.5 Å². The second kappa shape index (κ2) is 5.49. The van der Waals surface area contributed by atoms with Crippen LogP contribution in [-0.4, -0.2) is 35.4 Å². The molecule has 3 aromatic rings. The molecule has 0 aliphatic rings. The summed E-state index contributed by atoms with van der Waals surface area (Å²) in [6, 6.07) is 8.41. The maximum absolute atomic E-state index is 11.6. The van der Waals surface area contributed by atoms with Crippen LogP contribution in [0.15, 0.2) is 34.9 Å². The largest absolute Gasteiger partial charge is 0.581 e. The first kappa shape index (κ1) is 15.2. The van der Waals surface area contributed by atoms with Crippen LogP contribution in [0, 0.1) is 27.2 Å². The van der Waals surface area contributed by atoms with Gasteiger partial charge in [0.1, 0.15) is 9.85 Å². The topological polar surface area (TPSA) is 167 Å². The highest BCUT2D eigenvalue weighted by Gasteiger charge is 2.69. The van der Waals surface area contributed by atoms with Crippen molar-refractivity contribution < 1.29 is 14.4 Å². The average Bonchev–Trinajstić information content (AvgIpc) is 3.19. The Morgan fingerprint density at radius 3 is 2.33 bits per heavy atom. The summed E-state index contributed by atoms with van der Waals surface area (Å²) in [5.74, 6) is -0.826. The predicted octanol–water partition coefficient (Wildman–Crippen LogP) is 0.918. The Hall–Kier alpha value is -3.70. The summed E-state index contributed by atoms with van der Waals surface area (Å²) in [6.07, 6.45) is 0. The van der Waals surface area contributed by atoms with Gasteiger partial charge in [-0.25, -0.2) is 0 Å². The van der Waals surface area contributed by atoms with Crippen molar-refractivity contribution in [2.75, 3.05) is 0 Å². The highest BCUT2D eigenvalue weighted by atomic mass is 16.7. The third-order valence-electron chi connectivity index (χ3n) is 3.34. The molecule has 0 fully saturated rings. The quantitative estimate of drug-likeness (QED) is 0.406. The summed E-state index contributed by atoms with van der Waals surface area (Å²) < 4.78 is 4.86. The molecule has 12 nitrogen and oxygen atoms in total. The van der Waals surface area contributed by atoms with Crippen LogP contribution in [0.1, 0.15) is 17.3 Å². The van der Waals surface area contributed by atoms with Gasteiger partial charge in [0, 0.05) is 5.56 Å². The van der Waals surface area contributed by atoms with E-state index in [9.17, 15) is 20.2 Å². The summed E-state index contributed by atoms with van der Waals surface area (Å²) in [6.45, 7) is 1.34. The lowest BCUT2D eigenvalue weighted by Crippen LogP contribution is -2.45. The second-order valence-electron chi connectivity index (χ2n) is 4.73. The van der Waals surface area contributed by atoms with Crippen LogP contribution in [0.25, 0.3) is 11.4 Å². The lowest BCUT2D eigenvalue weighted by atomic mass is 10.1. The molecule has 3 rings (SSSR count). The lowest BCUT2D eigenvalue weighted by molar-refractivity contribution is -0.800. The number of aryl methyl sites for hydroxylation is 1. The van der Waals surface area contributed by atoms with E-state index in [0.717, 1.165) is 0 Å². The zero-order chi connectivity index (χ0) is 17.3. The molecule has 2 heterocycles. The molecule has 122 valence electrons. The molecular formula is C12H9N7O5. The second-order valence-corrected chi connectivity index (χ2v) is 4.73. The third kappa shape index (κ3) is 2.08. The highest BCUT2D eigenvalue weighted by molar-refractivity contribution is 5.53. The molecule has 1 N–H and O–H groups in total. The van der Waals surface area contributed by atoms with Crippen molar-refractivity contribution in [2.24, 2.45) is 0 Å². The van der Waals surface area contributed by atoms with Gasteiger partial charge in [-0.2, -0.15) is 15.3 Å². The zero-order valence-electron chi connectivity index (χ0n) is 12.1. The third-order valence-corrected chi connectivity index (χ3v) is 3.34. The van der Waals surface area contributed by atoms with Crippen LogP contribution in [0.3, 0.4) is 0 Å². The summed E-state index contributed by atoms with van der Waals surface area (Å²) >= 11 is 0. The van der Waals surface area contributed by atoms with E-state index in [4.69, 9.17) is 4.52 Å². The number of benzene rings is 1. The van der Waals surface area contributed by atoms with E-state index < -0.39 is 27.1 Å². The van der Waals surface area contributed by atoms with Crippen LogP contribution in [0.5, 0.6) is 0 Å². The number of aromatic nitrogens is 5. The number of hydrogen-bond donors (Lipinski definition) is 1. The van der Waals surface area contributed by atoms with E-state index in [2.05, 4.69) is 25.6 Å². The Bertz CT molecular complexity index is 889. The van der Waals surface area contributed by atoms with Gasteiger partial charge >= 0.3 is 11.6 Å². The zero-order valence-corrected chi connectivity index (χ0v) is 12.1. The first-order valence-electron chi connectivity index (χ1n) is 6.54. The summed E-state index contributed by atoms with van der Waals surface area (Å²) in [4.78, 5) is 24.8. The molecule has 24 heavy (non-hydrogen) atoms. The monoisotopic (exact) mass is 331 g/mol. The molecule has 0 amide bonds. The Morgan fingerprint density at radius 1 is 1.12 bits per heavy atom. The van der Waals surface area contributed by atoms with E-state index >= 15 is 0 Å². The van der Waals surface area contributed by atoms with E-state index in [1.165, 1.54) is 6.92 Å². The number of hydrogen-bond acceptors (Lipinski definition) is 9. The van der Waals surface area contributed by atoms with Crippen molar-refractivity contribution in [3.05, 3.63) is 67.8 Å². The molecule has 0 spiro atoms. The molecule has 0 saturated carbocycles. The first-order valence-corrected chi connectivity index (χ1v) is 6.54. The standard InChI is InChI=1S/C12H9N7O5/c1-7-9(15-17-14-7)12(18(20)21,19(22)23)11-13-10(16-24-11)8-5-3-2-4-6-8/h2-6H,1H3,(H,14,15,17). The fraction of sp³-hybridized carbons (Fsp3) is 0.167. The van der Waals surface area contributed by atoms with E-state index in [1.807, 2.05) is 0 Å². The Labute approximate surface area is 132 Å². The normalized spacial score (nSPS) is 11.4. The molecule has 12 heteroatoms.